The van der Waals surface area contributed by atoms with Gasteiger partial charge >= 0.3 is 0 Å². The lowest BCUT2D eigenvalue weighted by molar-refractivity contribution is 0.0697. The monoisotopic (exact) mass is 305 g/mol. The smallest absolute Gasteiger partial charge is 0.257 e. The van der Waals surface area contributed by atoms with E-state index in [2.05, 4.69) is 17.1 Å². The Labute approximate surface area is 120 Å². The van der Waals surface area contributed by atoms with E-state index in [0.29, 0.717) is 17.4 Å². The third kappa shape index (κ3) is 2.73. The van der Waals surface area contributed by atoms with E-state index in [9.17, 15) is 4.79 Å². The van der Waals surface area contributed by atoms with Crippen LogP contribution in [0.2, 0.25) is 10.3 Å². The summed E-state index contributed by atoms with van der Waals surface area (Å²) in [5.74, 6) is 0.803. The summed E-state index contributed by atoms with van der Waals surface area (Å²) in [5, 5.41) is 7.96. The van der Waals surface area contributed by atoms with Crippen molar-refractivity contribution in [2.75, 3.05) is 12.3 Å². The number of hydrogen-bond acceptors (Lipinski definition) is 4. The van der Waals surface area contributed by atoms with Gasteiger partial charge in [0.25, 0.3) is 5.91 Å². The van der Waals surface area contributed by atoms with Crippen LogP contribution in [0.4, 0.5) is 0 Å². The summed E-state index contributed by atoms with van der Waals surface area (Å²) in [6.07, 6.45) is 0. The summed E-state index contributed by atoms with van der Waals surface area (Å²) in [4.78, 5) is 14.3. The maximum atomic E-state index is 12.4. The highest BCUT2D eigenvalue weighted by Crippen LogP contribution is 2.27. The number of carbonyl (C=O) groups is 1. The first kappa shape index (κ1) is 13.9. The van der Waals surface area contributed by atoms with Gasteiger partial charge < -0.3 is 4.90 Å². The summed E-state index contributed by atoms with van der Waals surface area (Å²) in [6, 6.07) is 1.64. The minimum Gasteiger partial charge on any atom is -0.334 e. The lowest BCUT2D eigenvalue weighted by Crippen LogP contribution is -2.48. The van der Waals surface area contributed by atoms with Crippen molar-refractivity contribution in [3.63, 3.8) is 0 Å². The van der Waals surface area contributed by atoms with Crippen LogP contribution in [0.5, 0.6) is 0 Å². The van der Waals surface area contributed by atoms with Crippen molar-refractivity contribution >= 4 is 40.9 Å². The topological polar surface area (TPSA) is 46.1 Å². The Morgan fingerprint density at radius 2 is 2.17 bits per heavy atom. The minimum atomic E-state index is -0.128. The van der Waals surface area contributed by atoms with E-state index >= 15 is 0 Å². The van der Waals surface area contributed by atoms with E-state index in [1.807, 2.05) is 23.6 Å². The fourth-order valence-electron chi connectivity index (χ4n) is 1.88. The van der Waals surface area contributed by atoms with Crippen molar-refractivity contribution in [1.29, 1.82) is 0 Å². The number of nitrogens with zero attached hydrogens (tertiary/aromatic N) is 3. The fourth-order valence-corrected chi connectivity index (χ4v) is 3.30. The number of halogens is 2. The van der Waals surface area contributed by atoms with Crippen molar-refractivity contribution < 1.29 is 4.79 Å². The molecule has 7 heteroatoms. The predicted molar refractivity (Wildman–Crippen MR) is 74.5 cm³/mol. The molecular formula is C11H13Cl2N3OS. The van der Waals surface area contributed by atoms with Crippen LogP contribution in [0, 0.1) is 0 Å². The molecule has 1 fully saturated rings. The number of thioether (sulfide) groups is 1. The van der Waals surface area contributed by atoms with Crippen molar-refractivity contribution in [3.8, 4) is 0 Å². The molecule has 98 valence electrons. The van der Waals surface area contributed by atoms with Crippen LogP contribution in [-0.4, -0.2) is 44.6 Å². The van der Waals surface area contributed by atoms with Crippen LogP contribution < -0.4 is 0 Å². The van der Waals surface area contributed by atoms with Gasteiger partial charge in [0.2, 0.25) is 0 Å². The van der Waals surface area contributed by atoms with Gasteiger partial charge in [0.15, 0.2) is 10.3 Å². The molecule has 0 N–H and O–H groups in total. The van der Waals surface area contributed by atoms with Crippen LogP contribution in [0.3, 0.4) is 0 Å². The quantitative estimate of drug-likeness (QED) is 0.800. The second-order valence-electron chi connectivity index (χ2n) is 4.19. The molecule has 1 amide bonds. The maximum Gasteiger partial charge on any atom is 0.257 e. The normalized spacial score (nSPS) is 24.1. The summed E-state index contributed by atoms with van der Waals surface area (Å²) in [6.45, 7) is 4.87. The Kier molecular flexibility index (Phi) is 4.35. The van der Waals surface area contributed by atoms with Crippen LogP contribution >= 0.6 is 35.0 Å². The second kappa shape index (κ2) is 5.63. The molecule has 1 saturated heterocycles. The van der Waals surface area contributed by atoms with Crippen molar-refractivity contribution in [2.24, 2.45) is 0 Å². The van der Waals surface area contributed by atoms with E-state index in [4.69, 9.17) is 23.2 Å². The van der Waals surface area contributed by atoms with Gasteiger partial charge in [-0.2, -0.15) is 11.8 Å². The third-order valence-electron chi connectivity index (χ3n) is 3.09. The Bertz CT molecular complexity index is 472. The summed E-state index contributed by atoms with van der Waals surface area (Å²) < 4.78 is 0. The van der Waals surface area contributed by atoms with Gasteiger partial charge in [-0.1, -0.05) is 30.1 Å². The number of aromatic nitrogens is 2. The molecule has 2 unspecified atom stereocenters. The number of rotatable bonds is 1. The summed E-state index contributed by atoms with van der Waals surface area (Å²) in [5.41, 5.74) is 0.322. The van der Waals surface area contributed by atoms with Crippen LogP contribution in [0.25, 0.3) is 0 Å². The van der Waals surface area contributed by atoms with Gasteiger partial charge in [-0.05, 0) is 13.0 Å². The first-order chi connectivity index (χ1) is 8.50. The number of carbonyl (C=O) groups excluding carboxylic acids is 1. The Morgan fingerprint density at radius 1 is 1.44 bits per heavy atom. The molecule has 1 aliphatic rings. The van der Waals surface area contributed by atoms with Gasteiger partial charge in [0.1, 0.15) is 0 Å². The van der Waals surface area contributed by atoms with Gasteiger partial charge in [0, 0.05) is 23.6 Å². The Hall–Kier alpha value is -0.520. The molecule has 2 rings (SSSR count). The fraction of sp³-hybridized carbons (Fsp3) is 0.545. The molecule has 0 bridgehead atoms. The van der Waals surface area contributed by atoms with Gasteiger partial charge in [-0.15, -0.1) is 10.2 Å². The highest BCUT2D eigenvalue weighted by molar-refractivity contribution is 8.00. The molecule has 2 heterocycles. The second-order valence-corrected chi connectivity index (χ2v) is 6.42. The van der Waals surface area contributed by atoms with E-state index in [-0.39, 0.29) is 22.3 Å². The lowest BCUT2D eigenvalue weighted by Gasteiger charge is -2.37. The molecule has 0 radical (unpaired) electrons. The average Bonchev–Trinajstić information content (AvgIpc) is 2.35. The van der Waals surface area contributed by atoms with E-state index < -0.39 is 0 Å². The van der Waals surface area contributed by atoms with E-state index in [1.165, 1.54) is 6.07 Å². The van der Waals surface area contributed by atoms with Crippen LogP contribution in [0.15, 0.2) is 6.07 Å². The summed E-state index contributed by atoms with van der Waals surface area (Å²) >= 11 is 13.5. The molecule has 0 spiro atoms. The van der Waals surface area contributed by atoms with E-state index in [1.54, 1.807) is 0 Å². The molecule has 1 aromatic rings. The molecule has 0 saturated carbocycles. The van der Waals surface area contributed by atoms with E-state index in [0.717, 1.165) is 5.75 Å². The Balaban J connectivity index is 2.27. The van der Waals surface area contributed by atoms with Crippen molar-refractivity contribution in [1.82, 2.24) is 15.1 Å². The van der Waals surface area contributed by atoms with Gasteiger partial charge in [-0.25, -0.2) is 0 Å². The zero-order valence-corrected chi connectivity index (χ0v) is 12.4. The van der Waals surface area contributed by atoms with Crippen LogP contribution in [0.1, 0.15) is 24.2 Å². The molecule has 1 aliphatic heterocycles. The Morgan fingerprint density at radius 3 is 2.89 bits per heavy atom. The highest BCUT2D eigenvalue weighted by Gasteiger charge is 2.30. The molecule has 1 aromatic heterocycles. The molecule has 0 aromatic carbocycles. The molecule has 18 heavy (non-hydrogen) atoms. The van der Waals surface area contributed by atoms with Gasteiger partial charge in [0.05, 0.1) is 5.56 Å². The highest BCUT2D eigenvalue weighted by atomic mass is 35.5. The largest absolute Gasteiger partial charge is 0.334 e. The molecule has 4 nitrogen and oxygen atoms in total. The SMILES string of the molecule is CC1SCCN(C(=O)c2cc(Cl)nnc2Cl)C1C. The molecule has 0 aliphatic carbocycles. The number of hydrogen-bond donors (Lipinski definition) is 0. The minimum absolute atomic E-state index is 0.0995. The number of amides is 1. The average molecular weight is 306 g/mol. The zero-order valence-electron chi connectivity index (χ0n) is 10.1. The molecule has 2 atom stereocenters. The van der Waals surface area contributed by atoms with Crippen LogP contribution in [-0.2, 0) is 0 Å². The van der Waals surface area contributed by atoms with Crippen molar-refractivity contribution in [3.05, 3.63) is 21.9 Å². The summed E-state index contributed by atoms with van der Waals surface area (Å²) in [7, 11) is 0. The lowest BCUT2D eigenvalue weighted by atomic mass is 10.1. The first-order valence-electron chi connectivity index (χ1n) is 5.62. The maximum absolute atomic E-state index is 12.4. The van der Waals surface area contributed by atoms with Crippen molar-refractivity contribution in [2.45, 2.75) is 25.1 Å². The van der Waals surface area contributed by atoms with Gasteiger partial charge in [-0.3, -0.25) is 4.79 Å². The predicted octanol–water partition coefficient (Wildman–Crippen LogP) is 2.75. The zero-order chi connectivity index (χ0) is 13.3. The molecular weight excluding hydrogens is 293 g/mol. The standard InChI is InChI=1S/C11H13Cl2N3OS/c1-6-7(2)18-4-3-16(6)11(17)8-5-9(12)14-15-10(8)13/h5-7H,3-4H2,1-2H3. The first-order valence-corrected chi connectivity index (χ1v) is 7.42. The third-order valence-corrected chi connectivity index (χ3v) is 4.90.